The summed E-state index contributed by atoms with van der Waals surface area (Å²) >= 11 is 0. The Balaban J connectivity index is 1.44. The smallest absolute Gasteiger partial charge is 0.236 e. The number of hydrogen-bond acceptors (Lipinski definition) is 3. The second-order valence-corrected chi connectivity index (χ2v) is 5.26. The quantitative estimate of drug-likeness (QED) is 0.694. The lowest BCUT2D eigenvalue weighted by Gasteiger charge is -2.47. The van der Waals surface area contributed by atoms with Gasteiger partial charge >= 0.3 is 0 Å². The number of amides is 1. The summed E-state index contributed by atoms with van der Waals surface area (Å²) in [4.78, 5) is 15.6. The number of nitrogens with zero attached hydrogens (tertiary/aromatic N) is 2. The zero-order chi connectivity index (χ0) is 10.5. The molecule has 2 saturated heterocycles. The van der Waals surface area contributed by atoms with Gasteiger partial charge in [0, 0.05) is 26.2 Å². The first-order chi connectivity index (χ1) is 7.17. The molecule has 3 aliphatic rings. The van der Waals surface area contributed by atoms with E-state index in [1.54, 1.807) is 0 Å². The Kier molecular flexibility index (Phi) is 2.04. The van der Waals surface area contributed by atoms with Gasteiger partial charge in [-0.1, -0.05) is 0 Å². The van der Waals surface area contributed by atoms with Gasteiger partial charge in [0.1, 0.15) is 0 Å². The van der Waals surface area contributed by atoms with Crippen LogP contribution in [0.5, 0.6) is 0 Å². The standard InChI is InChI=1S/C11H18N2O2/c14-10(13-4-1-5-13)6-12-7-11(15,8-12)9-2-3-9/h9,15H,1-8H2. The molecule has 4 heteroatoms. The van der Waals surface area contributed by atoms with E-state index in [0.717, 1.165) is 19.5 Å². The van der Waals surface area contributed by atoms with Crippen molar-refractivity contribution in [2.24, 2.45) is 5.92 Å². The van der Waals surface area contributed by atoms with Gasteiger partial charge in [-0.3, -0.25) is 9.69 Å². The van der Waals surface area contributed by atoms with Crippen LogP contribution < -0.4 is 0 Å². The molecular formula is C11H18N2O2. The van der Waals surface area contributed by atoms with Crippen molar-refractivity contribution in [2.45, 2.75) is 24.9 Å². The third-order valence-corrected chi connectivity index (χ3v) is 3.90. The highest BCUT2D eigenvalue weighted by Gasteiger charge is 2.52. The van der Waals surface area contributed by atoms with Crippen LogP contribution in [0.2, 0.25) is 0 Å². The Labute approximate surface area is 89.8 Å². The summed E-state index contributed by atoms with van der Waals surface area (Å²) in [5, 5.41) is 10.1. The molecule has 1 aliphatic carbocycles. The number of carbonyl (C=O) groups excluding carboxylic acids is 1. The normalized spacial score (nSPS) is 29.5. The van der Waals surface area contributed by atoms with Crippen molar-refractivity contribution in [3.63, 3.8) is 0 Å². The molecule has 0 spiro atoms. The van der Waals surface area contributed by atoms with E-state index in [4.69, 9.17) is 0 Å². The molecule has 15 heavy (non-hydrogen) atoms. The van der Waals surface area contributed by atoms with Gasteiger partial charge in [0.25, 0.3) is 0 Å². The largest absolute Gasteiger partial charge is 0.387 e. The fourth-order valence-electron chi connectivity index (χ4n) is 2.58. The maximum Gasteiger partial charge on any atom is 0.236 e. The second kappa shape index (κ2) is 3.19. The predicted molar refractivity (Wildman–Crippen MR) is 55.3 cm³/mol. The minimum Gasteiger partial charge on any atom is -0.387 e. The molecule has 0 atom stereocenters. The summed E-state index contributed by atoms with van der Waals surface area (Å²) in [5.41, 5.74) is -0.449. The van der Waals surface area contributed by atoms with Gasteiger partial charge < -0.3 is 10.0 Å². The number of aliphatic hydroxyl groups is 1. The third-order valence-electron chi connectivity index (χ3n) is 3.90. The number of hydrogen-bond donors (Lipinski definition) is 1. The average Bonchev–Trinajstić information content (AvgIpc) is 2.78. The van der Waals surface area contributed by atoms with Gasteiger partial charge in [0.15, 0.2) is 0 Å². The van der Waals surface area contributed by atoms with Gasteiger partial charge in [-0.2, -0.15) is 0 Å². The van der Waals surface area contributed by atoms with Crippen molar-refractivity contribution in [1.82, 2.24) is 9.80 Å². The highest BCUT2D eigenvalue weighted by atomic mass is 16.3. The van der Waals surface area contributed by atoms with E-state index in [2.05, 4.69) is 4.90 Å². The Morgan fingerprint density at radius 1 is 1.33 bits per heavy atom. The van der Waals surface area contributed by atoms with Crippen LogP contribution in [0.4, 0.5) is 0 Å². The molecule has 0 radical (unpaired) electrons. The van der Waals surface area contributed by atoms with Crippen molar-refractivity contribution in [3.05, 3.63) is 0 Å². The highest BCUT2D eigenvalue weighted by Crippen LogP contribution is 2.44. The van der Waals surface area contributed by atoms with Crippen molar-refractivity contribution in [3.8, 4) is 0 Å². The molecule has 0 aromatic carbocycles. The van der Waals surface area contributed by atoms with Crippen LogP contribution in [-0.4, -0.2) is 59.1 Å². The van der Waals surface area contributed by atoms with Crippen LogP contribution in [0.25, 0.3) is 0 Å². The molecule has 3 fully saturated rings. The molecule has 0 aromatic heterocycles. The van der Waals surface area contributed by atoms with Gasteiger partial charge in [0.2, 0.25) is 5.91 Å². The summed E-state index contributed by atoms with van der Waals surface area (Å²) < 4.78 is 0. The average molecular weight is 210 g/mol. The van der Waals surface area contributed by atoms with Crippen LogP contribution in [-0.2, 0) is 4.79 Å². The van der Waals surface area contributed by atoms with E-state index in [0.29, 0.717) is 25.6 Å². The Hall–Kier alpha value is -0.610. The lowest BCUT2D eigenvalue weighted by Crippen LogP contribution is -2.65. The summed E-state index contributed by atoms with van der Waals surface area (Å²) in [6.07, 6.45) is 3.49. The fourth-order valence-corrected chi connectivity index (χ4v) is 2.58. The van der Waals surface area contributed by atoms with Crippen LogP contribution in [0.15, 0.2) is 0 Å². The topological polar surface area (TPSA) is 43.8 Å². The van der Waals surface area contributed by atoms with E-state index < -0.39 is 5.60 Å². The summed E-state index contributed by atoms with van der Waals surface area (Å²) in [6, 6.07) is 0. The Bertz CT molecular complexity index is 278. The van der Waals surface area contributed by atoms with Gasteiger partial charge in [-0.05, 0) is 25.2 Å². The fraction of sp³-hybridized carbons (Fsp3) is 0.909. The van der Waals surface area contributed by atoms with E-state index >= 15 is 0 Å². The maximum atomic E-state index is 11.6. The van der Waals surface area contributed by atoms with Gasteiger partial charge in [0.05, 0.1) is 12.1 Å². The minimum atomic E-state index is -0.449. The summed E-state index contributed by atoms with van der Waals surface area (Å²) in [5.74, 6) is 0.756. The van der Waals surface area contributed by atoms with E-state index in [-0.39, 0.29) is 5.91 Å². The van der Waals surface area contributed by atoms with E-state index in [1.165, 1.54) is 12.8 Å². The van der Waals surface area contributed by atoms with Crippen molar-refractivity contribution in [1.29, 1.82) is 0 Å². The molecule has 1 amide bonds. The molecular weight excluding hydrogens is 192 g/mol. The number of carbonyl (C=O) groups is 1. The molecule has 2 aliphatic heterocycles. The first-order valence-corrected chi connectivity index (χ1v) is 5.90. The Morgan fingerprint density at radius 2 is 2.00 bits per heavy atom. The SMILES string of the molecule is O=C(CN1CC(O)(C2CC2)C1)N1CCC1. The van der Waals surface area contributed by atoms with Crippen LogP contribution in [0, 0.1) is 5.92 Å². The Morgan fingerprint density at radius 3 is 2.47 bits per heavy atom. The molecule has 0 unspecified atom stereocenters. The maximum absolute atomic E-state index is 11.6. The van der Waals surface area contributed by atoms with Gasteiger partial charge in [-0.25, -0.2) is 0 Å². The molecule has 0 bridgehead atoms. The molecule has 1 N–H and O–H groups in total. The number of likely N-dealkylation sites (tertiary alicyclic amines) is 2. The molecule has 84 valence electrons. The van der Waals surface area contributed by atoms with Crippen LogP contribution in [0.1, 0.15) is 19.3 Å². The highest BCUT2D eigenvalue weighted by molar-refractivity contribution is 5.79. The molecule has 3 rings (SSSR count). The zero-order valence-electron chi connectivity index (χ0n) is 8.98. The van der Waals surface area contributed by atoms with E-state index in [9.17, 15) is 9.90 Å². The predicted octanol–water partition coefficient (Wildman–Crippen LogP) is -0.325. The number of rotatable bonds is 3. The van der Waals surface area contributed by atoms with Crippen LogP contribution >= 0.6 is 0 Å². The van der Waals surface area contributed by atoms with Gasteiger partial charge in [-0.15, -0.1) is 0 Å². The zero-order valence-corrected chi connectivity index (χ0v) is 8.98. The molecule has 2 heterocycles. The molecule has 4 nitrogen and oxygen atoms in total. The first kappa shape index (κ1) is 9.60. The second-order valence-electron chi connectivity index (χ2n) is 5.26. The van der Waals surface area contributed by atoms with Crippen LogP contribution in [0.3, 0.4) is 0 Å². The summed E-state index contributed by atoms with van der Waals surface area (Å²) in [7, 11) is 0. The first-order valence-electron chi connectivity index (χ1n) is 5.90. The van der Waals surface area contributed by atoms with E-state index in [1.807, 2.05) is 4.90 Å². The van der Waals surface area contributed by atoms with Crippen molar-refractivity contribution in [2.75, 3.05) is 32.7 Å². The third kappa shape index (κ3) is 1.66. The number of β-amino-alcohol motifs (C(OH)–C–C–N with tert-alkyl or cyclic N) is 1. The summed E-state index contributed by atoms with van der Waals surface area (Å²) in [6.45, 7) is 3.78. The molecule has 0 aromatic rings. The molecule has 1 saturated carbocycles. The van der Waals surface area contributed by atoms with Crippen molar-refractivity contribution < 1.29 is 9.90 Å². The lowest BCUT2D eigenvalue weighted by atomic mass is 9.89. The monoisotopic (exact) mass is 210 g/mol. The lowest BCUT2D eigenvalue weighted by molar-refractivity contribution is -0.147. The minimum absolute atomic E-state index is 0.235. The van der Waals surface area contributed by atoms with Crippen molar-refractivity contribution >= 4 is 5.91 Å².